The molecule has 0 aliphatic carbocycles. The molecule has 1 aromatic rings. The Labute approximate surface area is 97.5 Å². The fourth-order valence-corrected chi connectivity index (χ4v) is 1.66. The van der Waals surface area contributed by atoms with Crippen LogP contribution in [0.25, 0.3) is 0 Å². The summed E-state index contributed by atoms with van der Waals surface area (Å²) in [7, 11) is 0. The molecule has 16 heavy (non-hydrogen) atoms. The molecule has 0 aromatic carbocycles. The van der Waals surface area contributed by atoms with Gasteiger partial charge in [-0.1, -0.05) is 0 Å². The van der Waals surface area contributed by atoms with Crippen LogP contribution in [-0.4, -0.2) is 26.8 Å². The molecule has 1 aromatic heterocycles. The first-order valence-corrected chi connectivity index (χ1v) is 5.84. The first-order valence-electron chi connectivity index (χ1n) is 5.84. The summed E-state index contributed by atoms with van der Waals surface area (Å²) < 4.78 is 2.17. The molecule has 0 saturated carbocycles. The van der Waals surface area contributed by atoms with E-state index in [9.17, 15) is 0 Å². The molecule has 1 rings (SSSR count). The predicted octanol–water partition coefficient (Wildman–Crippen LogP) is 1.38. The van der Waals surface area contributed by atoms with Gasteiger partial charge in [-0.2, -0.15) is 0 Å². The van der Waals surface area contributed by atoms with Crippen molar-refractivity contribution in [1.82, 2.24) is 9.55 Å². The molecular formula is C12H23N3O. The fraction of sp³-hybridized carbons (Fsp3) is 0.750. The first kappa shape index (κ1) is 13.2. The van der Waals surface area contributed by atoms with E-state index in [1.807, 2.05) is 20.2 Å². The van der Waals surface area contributed by atoms with E-state index in [1.54, 1.807) is 0 Å². The molecule has 0 fully saturated rings. The van der Waals surface area contributed by atoms with Gasteiger partial charge in [-0.25, -0.2) is 4.98 Å². The van der Waals surface area contributed by atoms with Crippen LogP contribution in [0.1, 0.15) is 37.6 Å². The van der Waals surface area contributed by atoms with Crippen LogP contribution in [0.2, 0.25) is 0 Å². The maximum atomic E-state index is 9.02. The second-order valence-electron chi connectivity index (χ2n) is 4.88. The summed E-state index contributed by atoms with van der Waals surface area (Å²) in [4.78, 5) is 4.26. The van der Waals surface area contributed by atoms with Gasteiger partial charge in [-0.3, -0.25) is 0 Å². The van der Waals surface area contributed by atoms with Crippen LogP contribution in [0.3, 0.4) is 0 Å². The van der Waals surface area contributed by atoms with Crippen molar-refractivity contribution in [1.29, 1.82) is 0 Å². The molecule has 0 bridgehead atoms. The lowest BCUT2D eigenvalue weighted by Gasteiger charge is -2.21. The van der Waals surface area contributed by atoms with Gasteiger partial charge in [0, 0.05) is 17.8 Å². The number of nitrogens with two attached hydrogens (primary N) is 1. The van der Waals surface area contributed by atoms with Gasteiger partial charge in [0.05, 0.1) is 18.6 Å². The van der Waals surface area contributed by atoms with E-state index in [4.69, 9.17) is 10.8 Å². The Morgan fingerprint density at radius 3 is 2.62 bits per heavy atom. The number of imidazole rings is 1. The summed E-state index contributed by atoms with van der Waals surface area (Å²) in [6.07, 6.45) is 4.85. The number of aromatic nitrogens is 2. The third-order valence-electron chi connectivity index (χ3n) is 3.10. The monoisotopic (exact) mass is 225 g/mol. The van der Waals surface area contributed by atoms with Crippen LogP contribution >= 0.6 is 0 Å². The van der Waals surface area contributed by atoms with E-state index < -0.39 is 5.54 Å². The Balaban J connectivity index is 2.29. The molecule has 92 valence electrons. The third kappa shape index (κ3) is 3.61. The smallest absolute Gasteiger partial charge is 0.0951 e. The molecule has 0 saturated heterocycles. The minimum absolute atomic E-state index is 0.0518. The summed E-state index contributed by atoms with van der Waals surface area (Å²) in [6.45, 7) is 7.03. The molecule has 0 aliphatic rings. The minimum Gasteiger partial charge on any atom is -0.394 e. The zero-order chi connectivity index (χ0) is 12.2. The Hall–Kier alpha value is -0.870. The fourth-order valence-electron chi connectivity index (χ4n) is 1.66. The molecule has 1 atom stereocenters. The van der Waals surface area contributed by atoms with Crippen molar-refractivity contribution in [2.75, 3.05) is 6.61 Å². The van der Waals surface area contributed by atoms with E-state index in [0.29, 0.717) is 0 Å². The summed E-state index contributed by atoms with van der Waals surface area (Å²) in [6, 6.07) is 0. The Morgan fingerprint density at radius 1 is 1.44 bits per heavy atom. The normalized spacial score (nSPS) is 15.1. The highest BCUT2D eigenvalue weighted by atomic mass is 16.3. The molecule has 3 N–H and O–H groups in total. The lowest BCUT2D eigenvalue weighted by molar-refractivity contribution is 0.197. The zero-order valence-electron chi connectivity index (χ0n) is 10.5. The van der Waals surface area contributed by atoms with Gasteiger partial charge < -0.3 is 15.4 Å². The standard InChI is InChI=1S/C12H23N3O/c1-10-11(2)15(9-14-10)7-5-4-6-12(3,13)8-16/h9,16H,4-8,13H2,1-3H3. The van der Waals surface area contributed by atoms with Crippen molar-refractivity contribution in [3.63, 3.8) is 0 Å². The van der Waals surface area contributed by atoms with Crippen LogP contribution in [0.4, 0.5) is 0 Å². The molecule has 0 amide bonds. The van der Waals surface area contributed by atoms with E-state index in [-0.39, 0.29) is 6.61 Å². The minimum atomic E-state index is -0.431. The van der Waals surface area contributed by atoms with Crippen molar-refractivity contribution < 1.29 is 5.11 Å². The Morgan fingerprint density at radius 2 is 2.12 bits per heavy atom. The van der Waals surface area contributed by atoms with Crippen molar-refractivity contribution in [2.45, 2.75) is 52.1 Å². The number of aliphatic hydroxyl groups excluding tert-OH is 1. The van der Waals surface area contributed by atoms with Crippen molar-refractivity contribution in [2.24, 2.45) is 5.73 Å². The van der Waals surface area contributed by atoms with Crippen molar-refractivity contribution in [3.8, 4) is 0 Å². The van der Waals surface area contributed by atoms with E-state index in [1.165, 1.54) is 5.69 Å². The van der Waals surface area contributed by atoms with E-state index in [2.05, 4.69) is 16.5 Å². The van der Waals surface area contributed by atoms with Gasteiger partial charge in [-0.15, -0.1) is 0 Å². The van der Waals surface area contributed by atoms with Crippen LogP contribution < -0.4 is 5.73 Å². The maximum absolute atomic E-state index is 9.02. The van der Waals surface area contributed by atoms with Crippen LogP contribution in [0.15, 0.2) is 6.33 Å². The van der Waals surface area contributed by atoms with Gasteiger partial charge in [-0.05, 0) is 40.0 Å². The number of hydrogen-bond donors (Lipinski definition) is 2. The molecular weight excluding hydrogens is 202 g/mol. The summed E-state index contributed by atoms with van der Waals surface area (Å²) in [5.74, 6) is 0. The molecule has 4 nitrogen and oxygen atoms in total. The van der Waals surface area contributed by atoms with Gasteiger partial charge in [0.1, 0.15) is 0 Å². The Kier molecular flexibility index (Phi) is 4.50. The van der Waals surface area contributed by atoms with Crippen LogP contribution in [0.5, 0.6) is 0 Å². The highest BCUT2D eigenvalue weighted by Crippen LogP contribution is 2.12. The number of aryl methyl sites for hydroxylation is 2. The van der Waals surface area contributed by atoms with Gasteiger partial charge in [0.25, 0.3) is 0 Å². The average molecular weight is 225 g/mol. The number of nitrogens with zero attached hydrogens (tertiary/aromatic N) is 2. The predicted molar refractivity (Wildman–Crippen MR) is 65.2 cm³/mol. The SMILES string of the molecule is Cc1ncn(CCCCC(C)(N)CO)c1C. The summed E-state index contributed by atoms with van der Waals surface area (Å²) in [5, 5.41) is 9.02. The van der Waals surface area contributed by atoms with Crippen molar-refractivity contribution >= 4 is 0 Å². The lowest BCUT2D eigenvalue weighted by atomic mass is 9.97. The quantitative estimate of drug-likeness (QED) is 0.719. The molecule has 1 heterocycles. The molecule has 0 aliphatic heterocycles. The van der Waals surface area contributed by atoms with Crippen LogP contribution in [-0.2, 0) is 6.54 Å². The first-order chi connectivity index (χ1) is 7.46. The van der Waals surface area contributed by atoms with Gasteiger partial charge in [0.2, 0.25) is 0 Å². The van der Waals surface area contributed by atoms with Crippen molar-refractivity contribution in [3.05, 3.63) is 17.7 Å². The number of hydrogen-bond acceptors (Lipinski definition) is 3. The number of rotatable bonds is 6. The maximum Gasteiger partial charge on any atom is 0.0951 e. The second kappa shape index (κ2) is 5.46. The second-order valence-corrected chi connectivity index (χ2v) is 4.88. The third-order valence-corrected chi connectivity index (χ3v) is 3.10. The van der Waals surface area contributed by atoms with Gasteiger partial charge in [0.15, 0.2) is 0 Å². The molecule has 0 spiro atoms. The highest BCUT2D eigenvalue weighted by molar-refractivity contribution is 5.08. The van der Waals surface area contributed by atoms with Gasteiger partial charge >= 0.3 is 0 Å². The van der Waals surface area contributed by atoms with E-state index >= 15 is 0 Å². The largest absolute Gasteiger partial charge is 0.394 e. The molecule has 4 heteroatoms. The highest BCUT2D eigenvalue weighted by Gasteiger charge is 2.15. The summed E-state index contributed by atoms with van der Waals surface area (Å²) >= 11 is 0. The number of unbranched alkanes of at least 4 members (excludes halogenated alkanes) is 1. The topological polar surface area (TPSA) is 64.1 Å². The lowest BCUT2D eigenvalue weighted by Crippen LogP contribution is -2.39. The summed E-state index contributed by atoms with van der Waals surface area (Å²) in [5.41, 5.74) is 7.76. The average Bonchev–Trinajstić information content (AvgIpc) is 2.56. The number of aliphatic hydroxyl groups is 1. The Bertz CT molecular complexity index is 331. The van der Waals surface area contributed by atoms with Crippen LogP contribution in [0, 0.1) is 13.8 Å². The molecule has 0 radical (unpaired) electrons. The van der Waals surface area contributed by atoms with E-state index in [0.717, 1.165) is 31.5 Å². The zero-order valence-corrected chi connectivity index (χ0v) is 10.5. The molecule has 1 unspecified atom stereocenters.